The minimum absolute atomic E-state index is 0.0625. The highest BCUT2D eigenvalue weighted by atomic mass is 32.2. The van der Waals surface area contributed by atoms with E-state index in [9.17, 15) is 14.4 Å². The van der Waals surface area contributed by atoms with Crippen LogP contribution in [-0.4, -0.2) is 39.1 Å². The molecule has 0 aliphatic heterocycles. The summed E-state index contributed by atoms with van der Waals surface area (Å²) in [5.74, 6) is 0.625. The molecule has 5 aromatic rings. The van der Waals surface area contributed by atoms with Gasteiger partial charge in [0.05, 0.1) is 21.3 Å². The van der Waals surface area contributed by atoms with Gasteiger partial charge in [0.15, 0.2) is 0 Å². The van der Waals surface area contributed by atoms with Crippen LogP contribution in [0, 0.1) is 0 Å². The first-order chi connectivity index (χ1) is 23.8. The van der Waals surface area contributed by atoms with E-state index in [1.165, 1.54) is 11.8 Å². The van der Waals surface area contributed by atoms with Crippen LogP contribution in [0.1, 0.15) is 26.7 Å². The molecule has 5 rings (SSSR count). The SMILES string of the molecule is COc1ccc(/C=C(\NC(=O)c2ccccc2)C(=O)Nc2ccc(SC(C(=O)Nc3cc(OC)cc(OC)c3)c3ccccc3)cc2)cc1. The van der Waals surface area contributed by atoms with Gasteiger partial charge in [-0.2, -0.15) is 0 Å². The Bertz CT molecular complexity index is 1890. The first kappa shape index (κ1) is 34.3. The summed E-state index contributed by atoms with van der Waals surface area (Å²) in [6, 6.07) is 37.6. The van der Waals surface area contributed by atoms with Gasteiger partial charge in [0.25, 0.3) is 11.8 Å². The fourth-order valence-electron chi connectivity index (χ4n) is 4.75. The minimum Gasteiger partial charge on any atom is -0.497 e. The summed E-state index contributed by atoms with van der Waals surface area (Å²) in [6.07, 6.45) is 1.60. The van der Waals surface area contributed by atoms with Crippen molar-refractivity contribution in [3.8, 4) is 17.2 Å². The number of anilines is 2. The molecule has 3 amide bonds. The van der Waals surface area contributed by atoms with E-state index < -0.39 is 17.1 Å². The normalized spacial score (nSPS) is 11.5. The molecule has 1 unspecified atom stereocenters. The Labute approximate surface area is 289 Å². The third kappa shape index (κ3) is 9.52. The molecule has 0 saturated heterocycles. The lowest BCUT2D eigenvalue weighted by molar-refractivity contribution is -0.116. The van der Waals surface area contributed by atoms with Crippen molar-refractivity contribution in [3.63, 3.8) is 0 Å². The summed E-state index contributed by atoms with van der Waals surface area (Å²) in [7, 11) is 4.67. The Kier molecular flexibility index (Phi) is 11.7. The number of nitrogens with one attached hydrogen (secondary N) is 3. The molecule has 0 bridgehead atoms. The number of benzene rings is 5. The molecule has 1 atom stereocenters. The number of hydrogen-bond acceptors (Lipinski definition) is 7. The lowest BCUT2D eigenvalue weighted by atomic mass is 10.1. The van der Waals surface area contributed by atoms with Crippen molar-refractivity contribution in [2.45, 2.75) is 10.1 Å². The fraction of sp³-hybridized carbons (Fsp3) is 0.103. The second kappa shape index (κ2) is 16.7. The number of hydrogen-bond donors (Lipinski definition) is 3. The van der Waals surface area contributed by atoms with E-state index in [1.807, 2.05) is 48.5 Å². The molecule has 248 valence electrons. The van der Waals surface area contributed by atoms with Crippen molar-refractivity contribution in [1.29, 1.82) is 0 Å². The maximum atomic E-state index is 13.7. The first-order valence-corrected chi connectivity index (χ1v) is 16.1. The topological polar surface area (TPSA) is 115 Å². The maximum absolute atomic E-state index is 13.7. The summed E-state index contributed by atoms with van der Waals surface area (Å²) in [6.45, 7) is 0. The van der Waals surface area contributed by atoms with Crippen molar-refractivity contribution in [1.82, 2.24) is 5.32 Å². The number of methoxy groups -OCH3 is 3. The van der Waals surface area contributed by atoms with Gasteiger partial charge in [0.2, 0.25) is 5.91 Å². The molecular weight excluding hydrogens is 639 g/mol. The quantitative estimate of drug-likeness (QED) is 0.0872. The average molecular weight is 674 g/mol. The largest absolute Gasteiger partial charge is 0.497 e. The van der Waals surface area contributed by atoms with E-state index in [2.05, 4.69) is 16.0 Å². The number of amides is 3. The van der Waals surface area contributed by atoms with Crippen molar-refractivity contribution in [2.75, 3.05) is 32.0 Å². The summed E-state index contributed by atoms with van der Waals surface area (Å²) in [5, 5.41) is 8.02. The molecule has 5 aromatic carbocycles. The number of carbonyl (C=O) groups is 3. The van der Waals surface area contributed by atoms with Crippen LogP contribution in [0.3, 0.4) is 0 Å². The van der Waals surface area contributed by atoms with E-state index in [4.69, 9.17) is 14.2 Å². The Hall–Kier alpha value is -6.00. The van der Waals surface area contributed by atoms with Crippen LogP contribution in [-0.2, 0) is 9.59 Å². The fourth-order valence-corrected chi connectivity index (χ4v) is 5.77. The first-order valence-electron chi connectivity index (χ1n) is 15.2. The molecule has 9 nitrogen and oxygen atoms in total. The van der Waals surface area contributed by atoms with E-state index in [0.717, 1.165) is 10.5 Å². The van der Waals surface area contributed by atoms with E-state index in [0.29, 0.717) is 39.8 Å². The van der Waals surface area contributed by atoms with Crippen LogP contribution in [0.2, 0.25) is 0 Å². The minimum atomic E-state index is -0.592. The molecule has 0 aliphatic rings. The van der Waals surface area contributed by atoms with Gasteiger partial charge in [-0.3, -0.25) is 14.4 Å². The Morgan fingerprint density at radius 2 is 1.22 bits per heavy atom. The molecule has 49 heavy (non-hydrogen) atoms. The highest BCUT2D eigenvalue weighted by molar-refractivity contribution is 8.00. The standard InChI is InChI=1S/C39H35N3O6S/c1-46-31-18-14-26(15-19-31)22-35(42-37(43)28-12-8-5-9-13-28)38(44)40-29-16-20-34(21-17-29)49-36(27-10-6-4-7-11-27)39(45)41-30-23-32(47-2)25-33(24-30)48-3/h4-25,36H,1-3H3,(H,40,44)(H,41,45)(H,42,43)/b35-22-. The van der Waals surface area contributed by atoms with Crippen LogP contribution < -0.4 is 30.2 Å². The van der Waals surface area contributed by atoms with E-state index >= 15 is 0 Å². The van der Waals surface area contributed by atoms with Gasteiger partial charge >= 0.3 is 0 Å². The molecule has 0 spiro atoms. The van der Waals surface area contributed by atoms with Crippen molar-refractivity contribution >= 4 is 46.9 Å². The van der Waals surface area contributed by atoms with Crippen molar-refractivity contribution in [3.05, 3.63) is 150 Å². The maximum Gasteiger partial charge on any atom is 0.272 e. The second-order valence-corrected chi connectivity index (χ2v) is 11.8. The predicted molar refractivity (Wildman–Crippen MR) is 193 cm³/mol. The van der Waals surface area contributed by atoms with Crippen LogP contribution in [0.25, 0.3) is 6.08 Å². The monoisotopic (exact) mass is 673 g/mol. The molecule has 0 radical (unpaired) electrons. The lowest BCUT2D eigenvalue weighted by Gasteiger charge is -2.18. The zero-order valence-electron chi connectivity index (χ0n) is 27.1. The lowest BCUT2D eigenvalue weighted by Crippen LogP contribution is -2.30. The molecular formula is C39H35N3O6S. The molecule has 0 fully saturated rings. The highest BCUT2D eigenvalue weighted by Crippen LogP contribution is 2.37. The molecule has 10 heteroatoms. The van der Waals surface area contributed by atoms with Crippen LogP contribution in [0.5, 0.6) is 17.2 Å². The summed E-state index contributed by atoms with van der Waals surface area (Å²) in [4.78, 5) is 41.0. The van der Waals surface area contributed by atoms with Crippen LogP contribution >= 0.6 is 11.8 Å². The molecule has 3 N–H and O–H groups in total. The van der Waals surface area contributed by atoms with Crippen LogP contribution in [0.4, 0.5) is 11.4 Å². The summed E-state index contributed by atoms with van der Waals surface area (Å²) in [5.41, 5.74) is 3.04. The number of carbonyl (C=O) groups excluding carboxylic acids is 3. The second-order valence-electron chi connectivity index (χ2n) is 10.6. The number of rotatable bonds is 13. The molecule has 0 aliphatic carbocycles. The summed E-state index contributed by atoms with van der Waals surface area (Å²) < 4.78 is 15.9. The Morgan fingerprint density at radius 1 is 0.633 bits per heavy atom. The Morgan fingerprint density at radius 3 is 1.82 bits per heavy atom. The Balaban J connectivity index is 1.33. The van der Waals surface area contributed by atoms with E-state index in [1.54, 1.807) is 106 Å². The predicted octanol–water partition coefficient (Wildman–Crippen LogP) is 7.59. The van der Waals surface area contributed by atoms with Gasteiger partial charge in [0.1, 0.15) is 28.2 Å². The summed E-state index contributed by atoms with van der Waals surface area (Å²) >= 11 is 1.37. The van der Waals surface area contributed by atoms with E-state index in [-0.39, 0.29) is 11.6 Å². The third-order valence-corrected chi connectivity index (χ3v) is 8.55. The highest BCUT2D eigenvalue weighted by Gasteiger charge is 2.23. The van der Waals surface area contributed by atoms with Crippen molar-refractivity contribution < 1.29 is 28.6 Å². The van der Waals surface area contributed by atoms with Crippen molar-refractivity contribution in [2.24, 2.45) is 0 Å². The van der Waals surface area contributed by atoms with Crippen LogP contribution in [0.15, 0.2) is 138 Å². The number of thioether (sulfide) groups is 1. The van der Waals surface area contributed by atoms with Gasteiger partial charge in [-0.25, -0.2) is 0 Å². The van der Waals surface area contributed by atoms with Gasteiger partial charge in [0, 0.05) is 40.0 Å². The average Bonchev–Trinajstić information content (AvgIpc) is 3.14. The third-order valence-electron chi connectivity index (χ3n) is 7.28. The molecule has 0 heterocycles. The molecule has 0 aromatic heterocycles. The van der Waals surface area contributed by atoms with Gasteiger partial charge in [-0.15, -0.1) is 11.8 Å². The van der Waals surface area contributed by atoms with Gasteiger partial charge < -0.3 is 30.2 Å². The molecule has 0 saturated carbocycles. The van der Waals surface area contributed by atoms with Gasteiger partial charge in [-0.1, -0.05) is 60.7 Å². The number of ether oxygens (including phenoxy) is 3. The zero-order valence-corrected chi connectivity index (χ0v) is 28.0. The zero-order chi connectivity index (χ0) is 34.6. The smallest absolute Gasteiger partial charge is 0.272 e. The van der Waals surface area contributed by atoms with Gasteiger partial charge in [-0.05, 0) is 65.7 Å².